The van der Waals surface area contributed by atoms with Crippen LogP contribution in [-0.2, 0) is 20.7 Å². The van der Waals surface area contributed by atoms with Crippen LogP contribution in [0.4, 0.5) is 4.39 Å². The van der Waals surface area contributed by atoms with Gasteiger partial charge < -0.3 is 14.4 Å². The number of aromatic nitrogens is 1. The summed E-state index contributed by atoms with van der Waals surface area (Å²) in [5.41, 5.74) is 2.26. The lowest BCUT2D eigenvalue weighted by molar-refractivity contribution is -0.152. The van der Waals surface area contributed by atoms with Crippen LogP contribution in [0.25, 0.3) is 22.2 Å². The van der Waals surface area contributed by atoms with Crippen LogP contribution in [0.1, 0.15) is 57.4 Å². The summed E-state index contributed by atoms with van der Waals surface area (Å²) in [6.45, 7) is 5.99. The molecule has 0 saturated carbocycles. The third kappa shape index (κ3) is 5.47. The molecule has 0 bridgehead atoms. The fraction of sp³-hybridized carbons (Fsp3) is 0.424. The van der Waals surface area contributed by atoms with Crippen molar-refractivity contribution in [1.29, 1.82) is 0 Å². The number of carbonyl (C=O) groups is 2. The Morgan fingerprint density at radius 1 is 1.23 bits per heavy atom. The standard InChI is InChI=1S/C33H37FN2O4/c1-4-5-6-7-8-12-22(2)31(37)36-21-33(20-28(36)32(38)39-3)18-17-26-25-15-9-10-16-27(25)35-29(30(26)40-33)23-13-11-14-24(34)19-23/h4,9-11,13-16,19,22,28H,1,5-8,12,17-18,20-21H2,2-3H3/t22-,28-,33+/m0/s1. The van der Waals surface area contributed by atoms with Crippen molar-refractivity contribution in [2.24, 2.45) is 5.92 Å². The summed E-state index contributed by atoms with van der Waals surface area (Å²) in [7, 11) is 1.36. The molecule has 3 aromatic rings. The lowest BCUT2D eigenvalue weighted by Gasteiger charge is -2.37. The summed E-state index contributed by atoms with van der Waals surface area (Å²) in [6.07, 6.45) is 8.37. The molecule has 1 aromatic heterocycles. The fourth-order valence-electron chi connectivity index (χ4n) is 6.18. The lowest BCUT2D eigenvalue weighted by atomic mass is 9.86. The maximum atomic E-state index is 14.3. The van der Waals surface area contributed by atoms with E-state index < -0.39 is 17.6 Å². The topological polar surface area (TPSA) is 68.7 Å². The SMILES string of the molecule is C=CCCCCC[C@H](C)C(=O)N1C[C@@]2(CCc3c(c(-c4cccc(F)c4)nc4ccccc34)O2)C[C@H]1C(=O)OC. The van der Waals surface area contributed by atoms with Gasteiger partial charge in [-0.2, -0.15) is 0 Å². The van der Waals surface area contributed by atoms with Gasteiger partial charge >= 0.3 is 5.97 Å². The van der Waals surface area contributed by atoms with Crippen LogP contribution in [0.3, 0.4) is 0 Å². The van der Waals surface area contributed by atoms with E-state index in [1.165, 1.54) is 19.2 Å². The maximum absolute atomic E-state index is 14.3. The molecule has 1 amide bonds. The highest BCUT2D eigenvalue weighted by atomic mass is 19.1. The van der Waals surface area contributed by atoms with Crippen LogP contribution < -0.4 is 4.74 Å². The van der Waals surface area contributed by atoms with E-state index in [0.717, 1.165) is 48.6 Å². The number of allylic oxidation sites excluding steroid dienone is 1. The van der Waals surface area contributed by atoms with Crippen molar-refractivity contribution < 1.29 is 23.5 Å². The summed E-state index contributed by atoms with van der Waals surface area (Å²) < 4.78 is 26.2. The minimum absolute atomic E-state index is 0.0487. The number of carbonyl (C=O) groups excluding carboxylic acids is 2. The van der Waals surface area contributed by atoms with Crippen molar-refractivity contribution in [1.82, 2.24) is 9.88 Å². The van der Waals surface area contributed by atoms with Gasteiger partial charge in [-0.15, -0.1) is 6.58 Å². The molecule has 1 fully saturated rings. The summed E-state index contributed by atoms with van der Waals surface area (Å²) in [5.74, 6) is -0.445. The zero-order valence-electron chi connectivity index (χ0n) is 23.3. The highest BCUT2D eigenvalue weighted by Gasteiger charge is 2.53. The van der Waals surface area contributed by atoms with Crippen LogP contribution in [0.5, 0.6) is 5.75 Å². The first-order valence-electron chi connectivity index (χ1n) is 14.2. The molecule has 0 radical (unpaired) electrons. The number of para-hydroxylation sites is 1. The number of ether oxygens (including phenoxy) is 2. The van der Waals surface area contributed by atoms with Crippen molar-refractivity contribution in [3.63, 3.8) is 0 Å². The largest absolute Gasteiger partial charge is 0.483 e. The van der Waals surface area contributed by atoms with Gasteiger partial charge in [0.1, 0.15) is 28.9 Å². The van der Waals surface area contributed by atoms with Crippen molar-refractivity contribution in [3.05, 3.63) is 72.6 Å². The van der Waals surface area contributed by atoms with Crippen molar-refractivity contribution in [3.8, 4) is 17.0 Å². The Morgan fingerprint density at radius 3 is 2.83 bits per heavy atom. The van der Waals surface area contributed by atoms with Crippen molar-refractivity contribution in [2.45, 2.75) is 69.9 Å². The molecule has 2 aliphatic rings. The first kappa shape index (κ1) is 27.8. The second kappa shape index (κ2) is 11.8. The smallest absolute Gasteiger partial charge is 0.328 e. The van der Waals surface area contributed by atoms with E-state index in [1.807, 2.05) is 43.3 Å². The third-order valence-corrected chi connectivity index (χ3v) is 8.32. The molecule has 210 valence electrons. The van der Waals surface area contributed by atoms with Gasteiger partial charge in [0.2, 0.25) is 5.91 Å². The monoisotopic (exact) mass is 544 g/mol. The predicted octanol–water partition coefficient (Wildman–Crippen LogP) is 6.65. The number of nitrogens with zero attached hydrogens (tertiary/aromatic N) is 2. The van der Waals surface area contributed by atoms with E-state index in [-0.39, 0.29) is 17.6 Å². The van der Waals surface area contributed by atoms with Crippen LogP contribution >= 0.6 is 0 Å². The van der Waals surface area contributed by atoms with E-state index in [0.29, 0.717) is 42.8 Å². The normalized spacial score (nSPS) is 20.7. The molecule has 3 atom stereocenters. The van der Waals surface area contributed by atoms with Gasteiger partial charge in [0.15, 0.2) is 0 Å². The summed E-state index contributed by atoms with van der Waals surface area (Å²) in [4.78, 5) is 33.1. The number of benzene rings is 2. The Labute approximate surface area is 235 Å². The van der Waals surface area contributed by atoms with Gasteiger partial charge in [-0.3, -0.25) is 4.79 Å². The number of aryl methyl sites for hydroxylation is 1. The van der Waals surface area contributed by atoms with Gasteiger partial charge in [-0.05, 0) is 50.3 Å². The first-order chi connectivity index (χ1) is 19.4. The Kier molecular flexibility index (Phi) is 8.19. The van der Waals surface area contributed by atoms with Crippen molar-refractivity contribution >= 4 is 22.8 Å². The van der Waals surface area contributed by atoms with E-state index >= 15 is 0 Å². The van der Waals surface area contributed by atoms with E-state index in [2.05, 4.69) is 6.58 Å². The highest BCUT2D eigenvalue weighted by Crippen LogP contribution is 2.47. The average Bonchev–Trinajstić information content (AvgIpc) is 3.34. The van der Waals surface area contributed by atoms with Gasteiger partial charge in [0, 0.05) is 28.9 Å². The molecule has 5 rings (SSSR count). The van der Waals surface area contributed by atoms with Gasteiger partial charge in [-0.25, -0.2) is 14.2 Å². The number of methoxy groups -OCH3 is 1. The van der Waals surface area contributed by atoms with E-state index in [1.54, 1.807) is 11.0 Å². The summed E-state index contributed by atoms with van der Waals surface area (Å²) in [5, 5.41) is 0.994. The molecule has 0 unspecified atom stereocenters. The molecule has 1 saturated heterocycles. The van der Waals surface area contributed by atoms with Crippen LogP contribution in [-0.4, -0.2) is 47.1 Å². The highest BCUT2D eigenvalue weighted by molar-refractivity contribution is 5.90. The molecule has 7 heteroatoms. The molecular weight excluding hydrogens is 507 g/mol. The molecule has 40 heavy (non-hydrogen) atoms. The molecule has 2 aromatic carbocycles. The molecule has 3 heterocycles. The molecule has 0 N–H and O–H groups in total. The lowest BCUT2D eigenvalue weighted by Crippen LogP contribution is -2.46. The number of hydrogen-bond acceptors (Lipinski definition) is 5. The number of pyridine rings is 1. The minimum atomic E-state index is -0.766. The number of likely N-dealkylation sites (tertiary alicyclic amines) is 1. The second-order valence-electron chi connectivity index (χ2n) is 11.1. The molecule has 6 nitrogen and oxygen atoms in total. The predicted molar refractivity (Wildman–Crippen MR) is 153 cm³/mol. The number of esters is 1. The van der Waals surface area contributed by atoms with E-state index in [9.17, 15) is 14.0 Å². The number of amides is 1. The minimum Gasteiger partial charge on any atom is -0.483 e. The Bertz CT molecular complexity index is 1420. The molecule has 0 aliphatic carbocycles. The molecule has 1 spiro atoms. The number of unbranched alkanes of at least 4 members (excludes halogenated alkanes) is 3. The fourth-order valence-corrected chi connectivity index (χ4v) is 6.18. The number of fused-ring (bicyclic) bond motifs is 3. The van der Waals surface area contributed by atoms with Gasteiger partial charge in [0.25, 0.3) is 0 Å². The average molecular weight is 545 g/mol. The number of hydrogen-bond donors (Lipinski definition) is 0. The zero-order chi connectivity index (χ0) is 28.3. The number of halogens is 1. The van der Waals surface area contributed by atoms with Crippen molar-refractivity contribution in [2.75, 3.05) is 13.7 Å². The van der Waals surface area contributed by atoms with Gasteiger partial charge in [-0.1, -0.05) is 56.2 Å². The summed E-state index contributed by atoms with van der Waals surface area (Å²) >= 11 is 0. The van der Waals surface area contributed by atoms with E-state index in [4.69, 9.17) is 14.5 Å². The Morgan fingerprint density at radius 2 is 2.05 bits per heavy atom. The Balaban J connectivity index is 1.46. The van der Waals surface area contributed by atoms with Crippen LogP contribution in [0.15, 0.2) is 61.2 Å². The Hall–Kier alpha value is -3.74. The van der Waals surface area contributed by atoms with Crippen LogP contribution in [0.2, 0.25) is 0 Å². The summed E-state index contributed by atoms with van der Waals surface area (Å²) in [6, 6.07) is 13.5. The first-order valence-corrected chi connectivity index (χ1v) is 14.2. The third-order valence-electron chi connectivity index (χ3n) is 8.32. The number of rotatable bonds is 9. The molecular formula is C33H37FN2O4. The van der Waals surface area contributed by atoms with Crippen LogP contribution in [0, 0.1) is 11.7 Å². The molecule has 2 aliphatic heterocycles. The quantitative estimate of drug-likeness (QED) is 0.171. The second-order valence-corrected chi connectivity index (χ2v) is 11.1. The zero-order valence-corrected chi connectivity index (χ0v) is 23.3. The maximum Gasteiger partial charge on any atom is 0.328 e. The van der Waals surface area contributed by atoms with Gasteiger partial charge in [0.05, 0.1) is 19.2 Å².